The number of hydrogen-bond donors (Lipinski definition) is 1. The lowest BCUT2D eigenvalue weighted by Crippen LogP contribution is -2.37. The number of rotatable bonds is 6. The van der Waals surface area contributed by atoms with Gasteiger partial charge in [0.2, 0.25) is 0 Å². The summed E-state index contributed by atoms with van der Waals surface area (Å²) in [5, 5.41) is 2.99. The minimum atomic E-state index is -0.580. The molecule has 3 rings (SSSR count). The van der Waals surface area contributed by atoms with Crippen molar-refractivity contribution < 1.29 is 9.53 Å². The lowest BCUT2D eigenvalue weighted by Gasteiger charge is -2.19. The summed E-state index contributed by atoms with van der Waals surface area (Å²) in [6.45, 7) is 3.70. The van der Waals surface area contributed by atoms with E-state index in [2.05, 4.69) is 26.2 Å². The van der Waals surface area contributed by atoms with Gasteiger partial charge in [0.1, 0.15) is 5.75 Å². The summed E-state index contributed by atoms with van der Waals surface area (Å²) in [6.07, 6.45) is 4.80. The van der Waals surface area contributed by atoms with Gasteiger partial charge in [0, 0.05) is 22.6 Å². The average Bonchev–Trinajstić information content (AvgIpc) is 3.18. The zero-order chi connectivity index (χ0) is 18.5. The van der Waals surface area contributed by atoms with Gasteiger partial charge in [0.25, 0.3) is 5.91 Å². The molecule has 1 heterocycles. The van der Waals surface area contributed by atoms with Gasteiger partial charge in [-0.25, -0.2) is 4.98 Å². The van der Waals surface area contributed by atoms with Crippen LogP contribution < -0.4 is 10.1 Å². The van der Waals surface area contributed by atoms with Crippen molar-refractivity contribution in [3.8, 4) is 11.4 Å². The third-order valence-electron chi connectivity index (χ3n) is 4.05. The van der Waals surface area contributed by atoms with Gasteiger partial charge in [-0.3, -0.25) is 4.79 Å². The average molecular weight is 414 g/mol. The van der Waals surface area contributed by atoms with Crippen LogP contribution in [0.1, 0.15) is 25.5 Å². The first-order valence-corrected chi connectivity index (χ1v) is 9.13. The Morgan fingerprint density at radius 1 is 1.12 bits per heavy atom. The van der Waals surface area contributed by atoms with Crippen LogP contribution in [0, 0.1) is 0 Å². The predicted octanol–water partition coefficient (Wildman–Crippen LogP) is 4.28. The molecule has 0 saturated carbocycles. The first-order chi connectivity index (χ1) is 12.5. The van der Waals surface area contributed by atoms with Crippen molar-refractivity contribution in [2.24, 2.45) is 0 Å². The molecule has 0 spiro atoms. The Hall–Kier alpha value is -2.60. The lowest BCUT2D eigenvalue weighted by molar-refractivity contribution is -0.127. The van der Waals surface area contributed by atoms with Crippen LogP contribution in [0.2, 0.25) is 0 Å². The molecular formula is C20H20BrN3O2. The molecule has 5 nitrogen and oxygen atoms in total. The molecule has 1 N–H and O–H groups in total. The number of amides is 1. The maximum Gasteiger partial charge on any atom is 0.261 e. The maximum absolute atomic E-state index is 12.4. The van der Waals surface area contributed by atoms with Crippen LogP contribution in [0.15, 0.2) is 71.7 Å². The number of carbonyl (C=O) groups is 1. The molecule has 0 aliphatic heterocycles. The van der Waals surface area contributed by atoms with Gasteiger partial charge in [0.05, 0.1) is 12.4 Å². The van der Waals surface area contributed by atoms with E-state index in [0.29, 0.717) is 5.75 Å². The molecule has 26 heavy (non-hydrogen) atoms. The monoisotopic (exact) mass is 413 g/mol. The van der Waals surface area contributed by atoms with E-state index >= 15 is 0 Å². The van der Waals surface area contributed by atoms with E-state index in [1.165, 1.54) is 0 Å². The van der Waals surface area contributed by atoms with E-state index in [1.54, 1.807) is 19.4 Å². The number of benzene rings is 2. The Bertz CT molecular complexity index is 846. The first kappa shape index (κ1) is 18.2. The van der Waals surface area contributed by atoms with E-state index in [9.17, 15) is 4.79 Å². The minimum Gasteiger partial charge on any atom is -0.481 e. The molecule has 1 aromatic heterocycles. The molecule has 134 valence electrons. The zero-order valence-electron chi connectivity index (χ0n) is 14.6. The molecule has 0 bridgehead atoms. The SMILES string of the molecule is C[C@H](Oc1ccc(Br)cc1)C(=O)N[C@@H](C)c1ccc(-n2ccnc2)cc1. The Kier molecular flexibility index (Phi) is 5.73. The molecule has 0 unspecified atom stereocenters. The number of hydrogen-bond acceptors (Lipinski definition) is 3. The maximum atomic E-state index is 12.4. The summed E-state index contributed by atoms with van der Waals surface area (Å²) < 4.78 is 8.59. The standard InChI is InChI=1S/C20H20BrN3O2/c1-14(16-3-7-18(8-4-16)24-12-11-22-13-24)23-20(25)15(2)26-19-9-5-17(21)6-10-19/h3-15H,1-2H3,(H,23,25)/t14-,15-/m0/s1. The molecule has 0 radical (unpaired) electrons. The Balaban J connectivity index is 1.58. The second kappa shape index (κ2) is 8.19. The van der Waals surface area contributed by atoms with Crippen molar-refractivity contribution in [1.29, 1.82) is 0 Å². The van der Waals surface area contributed by atoms with Gasteiger partial charge in [-0.15, -0.1) is 0 Å². The van der Waals surface area contributed by atoms with Crippen LogP contribution >= 0.6 is 15.9 Å². The van der Waals surface area contributed by atoms with Crippen LogP contribution in [-0.4, -0.2) is 21.6 Å². The first-order valence-electron chi connectivity index (χ1n) is 8.34. The third-order valence-corrected chi connectivity index (χ3v) is 4.58. The highest BCUT2D eigenvalue weighted by atomic mass is 79.9. The fourth-order valence-electron chi connectivity index (χ4n) is 2.53. The van der Waals surface area contributed by atoms with E-state index in [0.717, 1.165) is 15.7 Å². The fourth-order valence-corrected chi connectivity index (χ4v) is 2.80. The van der Waals surface area contributed by atoms with Crippen LogP contribution in [0.4, 0.5) is 0 Å². The third kappa shape index (κ3) is 4.52. The van der Waals surface area contributed by atoms with Gasteiger partial charge in [-0.1, -0.05) is 28.1 Å². The molecule has 0 aliphatic carbocycles. The van der Waals surface area contributed by atoms with Gasteiger partial charge in [-0.2, -0.15) is 0 Å². The molecule has 3 aromatic rings. The van der Waals surface area contributed by atoms with Crippen LogP contribution in [-0.2, 0) is 4.79 Å². The number of ether oxygens (including phenoxy) is 1. The van der Waals surface area contributed by atoms with E-state index in [-0.39, 0.29) is 11.9 Å². The molecule has 2 aromatic carbocycles. The molecule has 0 aliphatic rings. The number of imidazole rings is 1. The van der Waals surface area contributed by atoms with Crippen LogP contribution in [0.25, 0.3) is 5.69 Å². The molecule has 6 heteroatoms. The number of carbonyl (C=O) groups excluding carboxylic acids is 1. The highest BCUT2D eigenvalue weighted by Gasteiger charge is 2.17. The smallest absolute Gasteiger partial charge is 0.261 e. The molecule has 2 atom stereocenters. The van der Waals surface area contributed by atoms with Gasteiger partial charge in [-0.05, 0) is 55.8 Å². The molecule has 0 fully saturated rings. The Morgan fingerprint density at radius 3 is 2.42 bits per heavy atom. The highest BCUT2D eigenvalue weighted by molar-refractivity contribution is 9.10. The zero-order valence-corrected chi connectivity index (χ0v) is 16.2. The number of halogens is 1. The van der Waals surface area contributed by atoms with Crippen LogP contribution in [0.5, 0.6) is 5.75 Å². The summed E-state index contributed by atoms with van der Waals surface area (Å²) in [7, 11) is 0. The predicted molar refractivity (Wildman–Crippen MR) is 104 cm³/mol. The van der Waals surface area contributed by atoms with E-state index in [1.807, 2.05) is 66.2 Å². The summed E-state index contributed by atoms with van der Waals surface area (Å²) in [5.41, 5.74) is 2.05. The Labute approximate surface area is 161 Å². The summed E-state index contributed by atoms with van der Waals surface area (Å²) in [4.78, 5) is 16.4. The molecular weight excluding hydrogens is 394 g/mol. The lowest BCUT2D eigenvalue weighted by atomic mass is 10.1. The number of nitrogens with one attached hydrogen (secondary N) is 1. The van der Waals surface area contributed by atoms with E-state index in [4.69, 9.17) is 4.74 Å². The largest absolute Gasteiger partial charge is 0.481 e. The van der Waals surface area contributed by atoms with Crippen LogP contribution in [0.3, 0.4) is 0 Å². The fraction of sp³-hybridized carbons (Fsp3) is 0.200. The van der Waals surface area contributed by atoms with Crippen molar-refractivity contribution in [2.45, 2.75) is 26.0 Å². The molecule has 1 amide bonds. The van der Waals surface area contributed by atoms with Gasteiger partial charge in [0.15, 0.2) is 6.10 Å². The summed E-state index contributed by atoms with van der Waals surface area (Å²) >= 11 is 3.38. The second-order valence-corrected chi connectivity index (χ2v) is 6.92. The summed E-state index contributed by atoms with van der Waals surface area (Å²) in [5.74, 6) is 0.507. The quantitative estimate of drug-likeness (QED) is 0.655. The second-order valence-electron chi connectivity index (χ2n) is 6.01. The van der Waals surface area contributed by atoms with Crippen molar-refractivity contribution in [1.82, 2.24) is 14.9 Å². The van der Waals surface area contributed by atoms with Crippen molar-refractivity contribution >= 4 is 21.8 Å². The number of aromatic nitrogens is 2. The topological polar surface area (TPSA) is 56.1 Å². The van der Waals surface area contributed by atoms with Gasteiger partial charge < -0.3 is 14.6 Å². The number of nitrogens with zero attached hydrogens (tertiary/aromatic N) is 2. The Morgan fingerprint density at radius 2 is 1.81 bits per heavy atom. The normalized spacial score (nSPS) is 13.0. The van der Waals surface area contributed by atoms with Crippen molar-refractivity contribution in [2.75, 3.05) is 0 Å². The van der Waals surface area contributed by atoms with Crippen molar-refractivity contribution in [3.05, 3.63) is 77.3 Å². The van der Waals surface area contributed by atoms with E-state index < -0.39 is 6.10 Å². The van der Waals surface area contributed by atoms with Gasteiger partial charge >= 0.3 is 0 Å². The summed E-state index contributed by atoms with van der Waals surface area (Å²) in [6, 6.07) is 15.3. The highest BCUT2D eigenvalue weighted by Crippen LogP contribution is 2.19. The van der Waals surface area contributed by atoms with Crippen molar-refractivity contribution in [3.63, 3.8) is 0 Å². The molecule has 0 saturated heterocycles. The minimum absolute atomic E-state index is 0.115.